The Labute approximate surface area is 82.3 Å². The van der Waals surface area contributed by atoms with Crippen LogP contribution in [0.1, 0.15) is 21.6 Å². The van der Waals surface area contributed by atoms with E-state index in [0.717, 1.165) is 0 Å². The molecule has 0 aliphatic carbocycles. The monoisotopic (exact) mass is 227 g/mol. The van der Waals surface area contributed by atoms with Gasteiger partial charge in [-0.3, -0.25) is 0 Å². The predicted molar refractivity (Wildman–Crippen MR) is 56.6 cm³/mol. The van der Waals surface area contributed by atoms with E-state index in [1.54, 1.807) is 0 Å². The van der Waals surface area contributed by atoms with E-state index in [9.17, 15) is 0 Å². The van der Waals surface area contributed by atoms with Gasteiger partial charge >= 0.3 is 0 Å². The third-order valence-corrected chi connectivity index (χ3v) is 3.06. The highest BCUT2D eigenvalue weighted by atomic mass is 79.9. The molecule has 0 aromatic heterocycles. The number of benzene rings is 1. The Bertz CT molecular complexity index is 271. The molecule has 0 saturated carbocycles. The van der Waals surface area contributed by atoms with Gasteiger partial charge in [0.2, 0.25) is 0 Å². The Kier molecular flexibility index (Phi) is 3.29. The first-order chi connectivity index (χ1) is 5.65. The summed E-state index contributed by atoms with van der Waals surface area (Å²) >= 11 is 3.53. The molecular weight excluding hydrogens is 214 g/mol. The number of halogens is 1. The lowest BCUT2D eigenvalue weighted by Crippen LogP contribution is -2.09. The average molecular weight is 228 g/mol. The highest BCUT2D eigenvalue weighted by Crippen LogP contribution is 2.21. The molecule has 0 heterocycles. The number of rotatable bonds is 2. The van der Waals surface area contributed by atoms with Gasteiger partial charge < -0.3 is 5.32 Å². The molecule has 66 valence electrons. The van der Waals surface area contributed by atoms with Crippen LogP contribution in [0.25, 0.3) is 0 Å². The Balaban J connectivity index is 2.96. The van der Waals surface area contributed by atoms with Crippen LogP contribution >= 0.6 is 15.9 Å². The number of alkyl halides is 1. The number of nitrogens with one attached hydrogen (secondary N) is 1. The van der Waals surface area contributed by atoms with E-state index in [4.69, 9.17) is 0 Å². The molecule has 0 aliphatic rings. The van der Waals surface area contributed by atoms with Crippen molar-refractivity contribution in [3.63, 3.8) is 0 Å². The maximum atomic E-state index is 3.53. The second kappa shape index (κ2) is 4.06. The highest BCUT2D eigenvalue weighted by molar-refractivity contribution is 9.09. The molecule has 0 bridgehead atoms. The van der Waals surface area contributed by atoms with Gasteiger partial charge in [0.05, 0.1) is 4.95 Å². The summed E-state index contributed by atoms with van der Waals surface area (Å²) < 4.78 is 0. The normalized spacial score (nSPS) is 13.0. The van der Waals surface area contributed by atoms with Crippen LogP contribution in [0.3, 0.4) is 0 Å². The summed E-state index contributed by atoms with van der Waals surface area (Å²) in [7, 11) is 1.94. The second-order valence-electron chi connectivity index (χ2n) is 2.99. The summed E-state index contributed by atoms with van der Waals surface area (Å²) in [6.07, 6.45) is 0. The summed E-state index contributed by atoms with van der Waals surface area (Å²) in [4.78, 5) is 0.261. The minimum Gasteiger partial charge on any atom is -0.304 e. The van der Waals surface area contributed by atoms with E-state index < -0.39 is 0 Å². The van der Waals surface area contributed by atoms with Crippen molar-refractivity contribution in [3.8, 4) is 0 Å². The summed E-state index contributed by atoms with van der Waals surface area (Å²) in [6, 6.07) is 6.49. The number of aryl methyl sites for hydroxylation is 2. The molecule has 0 saturated heterocycles. The zero-order chi connectivity index (χ0) is 9.14. The Morgan fingerprint density at radius 3 is 2.42 bits per heavy atom. The fourth-order valence-corrected chi connectivity index (χ4v) is 1.37. The van der Waals surface area contributed by atoms with Crippen LogP contribution in [0, 0.1) is 13.8 Å². The van der Waals surface area contributed by atoms with Crippen LogP contribution in [0.15, 0.2) is 18.2 Å². The standard InChI is InChI=1S/C10H14BrN/c1-7-4-5-9(6-8(7)2)10(11)12-3/h4-6,10,12H,1-3H3. The zero-order valence-electron chi connectivity index (χ0n) is 7.69. The fourth-order valence-electron chi connectivity index (χ4n) is 1.09. The predicted octanol–water partition coefficient (Wildman–Crippen LogP) is 2.92. The summed E-state index contributed by atoms with van der Waals surface area (Å²) in [5.41, 5.74) is 3.96. The first-order valence-corrected chi connectivity index (χ1v) is 4.95. The molecule has 0 aliphatic heterocycles. The van der Waals surface area contributed by atoms with Gasteiger partial charge in [0.1, 0.15) is 0 Å². The maximum absolute atomic E-state index is 3.53. The van der Waals surface area contributed by atoms with Gasteiger partial charge in [-0.15, -0.1) is 0 Å². The van der Waals surface area contributed by atoms with Crippen molar-refractivity contribution in [2.75, 3.05) is 7.05 Å². The van der Waals surface area contributed by atoms with Gasteiger partial charge in [0.15, 0.2) is 0 Å². The van der Waals surface area contributed by atoms with Crippen LogP contribution in [-0.4, -0.2) is 7.05 Å². The number of hydrogen-bond acceptors (Lipinski definition) is 1. The molecule has 0 fully saturated rings. The molecule has 1 rings (SSSR count). The van der Waals surface area contributed by atoms with E-state index >= 15 is 0 Å². The van der Waals surface area contributed by atoms with E-state index in [2.05, 4.69) is 53.3 Å². The Morgan fingerprint density at radius 1 is 1.25 bits per heavy atom. The van der Waals surface area contributed by atoms with Crippen LogP contribution in [0.2, 0.25) is 0 Å². The minimum atomic E-state index is 0.261. The smallest absolute Gasteiger partial charge is 0.0884 e. The van der Waals surface area contributed by atoms with Crippen LogP contribution in [0.4, 0.5) is 0 Å². The van der Waals surface area contributed by atoms with E-state index in [1.807, 2.05) is 7.05 Å². The van der Waals surface area contributed by atoms with Gasteiger partial charge in [0.25, 0.3) is 0 Å². The lowest BCUT2D eigenvalue weighted by Gasteiger charge is -2.10. The summed E-state index contributed by atoms with van der Waals surface area (Å²) in [6.45, 7) is 4.26. The fraction of sp³-hybridized carbons (Fsp3) is 0.400. The molecule has 1 aromatic carbocycles. The molecule has 12 heavy (non-hydrogen) atoms. The quantitative estimate of drug-likeness (QED) is 0.606. The molecule has 0 radical (unpaired) electrons. The molecular formula is C10H14BrN. The molecule has 1 aromatic rings. The average Bonchev–Trinajstić information content (AvgIpc) is 2.08. The molecule has 1 atom stereocenters. The van der Waals surface area contributed by atoms with Crippen LogP contribution in [-0.2, 0) is 0 Å². The lowest BCUT2D eigenvalue weighted by atomic mass is 10.1. The molecule has 0 amide bonds. The molecule has 2 heteroatoms. The van der Waals surface area contributed by atoms with Gasteiger partial charge in [0, 0.05) is 0 Å². The Morgan fingerprint density at radius 2 is 1.92 bits per heavy atom. The van der Waals surface area contributed by atoms with Crippen molar-refractivity contribution in [1.82, 2.24) is 5.32 Å². The summed E-state index contributed by atoms with van der Waals surface area (Å²) in [5, 5.41) is 3.14. The van der Waals surface area contributed by atoms with Gasteiger partial charge in [-0.05, 0) is 37.6 Å². The second-order valence-corrected chi connectivity index (χ2v) is 3.91. The molecule has 0 spiro atoms. The van der Waals surface area contributed by atoms with Gasteiger partial charge in [-0.2, -0.15) is 0 Å². The van der Waals surface area contributed by atoms with Crippen LogP contribution < -0.4 is 5.32 Å². The first kappa shape index (κ1) is 9.75. The van der Waals surface area contributed by atoms with Crippen molar-refractivity contribution in [3.05, 3.63) is 34.9 Å². The summed E-state index contributed by atoms with van der Waals surface area (Å²) in [5.74, 6) is 0. The third kappa shape index (κ3) is 2.08. The van der Waals surface area contributed by atoms with E-state index in [0.29, 0.717) is 0 Å². The van der Waals surface area contributed by atoms with Gasteiger partial charge in [-0.1, -0.05) is 34.1 Å². The first-order valence-electron chi connectivity index (χ1n) is 4.03. The highest BCUT2D eigenvalue weighted by Gasteiger charge is 2.03. The van der Waals surface area contributed by atoms with Crippen molar-refractivity contribution in [2.45, 2.75) is 18.8 Å². The minimum absolute atomic E-state index is 0.261. The van der Waals surface area contributed by atoms with Crippen molar-refractivity contribution in [1.29, 1.82) is 0 Å². The molecule has 1 unspecified atom stereocenters. The SMILES string of the molecule is CNC(Br)c1ccc(C)c(C)c1. The third-order valence-electron chi connectivity index (χ3n) is 2.08. The maximum Gasteiger partial charge on any atom is 0.0884 e. The Hall–Kier alpha value is -0.340. The van der Waals surface area contributed by atoms with Gasteiger partial charge in [-0.25, -0.2) is 0 Å². The van der Waals surface area contributed by atoms with E-state index in [1.165, 1.54) is 16.7 Å². The lowest BCUT2D eigenvalue weighted by molar-refractivity contribution is 0.807. The van der Waals surface area contributed by atoms with Crippen LogP contribution in [0.5, 0.6) is 0 Å². The van der Waals surface area contributed by atoms with Crippen molar-refractivity contribution >= 4 is 15.9 Å². The van der Waals surface area contributed by atoms with Crippen molar-refractivity contribution in [2.24, 2.45) is 0 Å². The molecule has 1 nitrogen and oxygen atoms in total. The largest absolute Gasteiger partial charge is 0.304 e. The molecule has 1 N–H and O–H groups in total. The zero-order valence-corrected chi connectivity index (χ0v) is 9.27. The van der Waals surface area contributed by atoms with E-state index in [-0.39, 0.29) is 4.95 Å². The topological polar surface area (TPSA) is 12.0 Å². The van der Waals surface area contributed by atoms with Crippen molar-refractivity contribution < 1.29 is 0 Å². The number of hydrogen-bond donors (Lipinski definition) is 1.